The number of hydrogen-bond acceptors (Lipinski definition) is 5. The van der Waals surface area contributed by atoms with Gasteiger partial charge in [0.05, 0.1) is 14.2 Å². The molecule has 104 valence electrons. The monoisotopic (exact) mass is 280 g/mol. The summed E-state index contributed by atoms with van der Waals surface area (Å²) in [5, 5.41) is 4.27. The van der Waals surface area contributed by atoms with Crippen molar-refractivity contribution in [2.45, 2.75) is 13.8 Å². The first-order valence-electron chi connectivity index (χ1n) is 6.20. The number of thioether (sulfide) groups is 1. The van der Waals surface area contributed by atoms with Crippen molar-refractivity contribution in [1.29, 1.82) is 0 Å². The van der Waals surface area contributed by atoms with Crippen molar-refractivity contribution in [2.75, 3.05) is 31.8 Å². The van der Waals surface area contributed by atoms with Crippen molar-refractivity contribution in [3.05, 3.63) is 18.2 Å². The predicted octanol–water partition coefficient (Wildman–Crippen LogP) is 3.24. The molecule has 0 amide bonds. The lowest BCUT2D eigenvalue weighted by atomic mass is 9.97. The third-order valence-corrected chi connectivity index (χ3v) is 4.28. The SMILES string of the molecule is COc1cc(NC2=NCC(C)(C)CS2)cc(OC)c1. The van der Waals surface area contributed by atoms with Crippen LogP contribution in [0.15, 0.2) is 23.2 Å². The van der Waals surface area contributed by atoms with Gasteiger partial charge in [-0.3, -0.25) is 4.99 Å². The lowest BCUT2D eigenvalue weighted by Crippen LogP contribution is -2.27. The van der Waals surface area contributed by atoms with E-state index in [2.05, 4.69) is 24.2 Å². The Labute approximate surface area is 118 Å². The van der Waals surface area contributed by atoms with Crippen LogP contribution in [0.4, 0.5) is 5.69 Å². The fourth-order valence-electron chi connectivity index (χ4n) is 1.72. The van der Waals surface area contributed by atoms with E-state index in [0.717, 1.165) is 34.7 Å². The molecule has 0 radical (unpaired) electrons. The fourth-order valence-corrected chi connectivity index (χ4v) is 2.68. The molecule has 2 rings (SSSR count). The molecule has 1 N–H and O–H groups in total. The first-order valence-corrected chi connectivity index (χ1v) is 7.18. The number of nitrogens with one attached hydrogen (secondary N) is 1. The molecule has 0 saturated carbocycles. The topological polar surface area (TPSA) is 42.8 Å². The number of rotatable bonds is 3. The molecule has 1 aromatic carbocycles. The van der Waals surface area contributed by atoms with Gasteiger partial charge in [-0.15, -0.1) is 0 Å². The highest BCUT2D eigenvalue weighted by molar-refractivity contribution is 8.14. The van der Waals surface area contributed by atoms with Crippen LogP contribution >= 0.6 is 11.8 Å². The molecule has 1 aliphatic heterocycles. The molecule has 1 heterocycles. The molecule has 19 heavy (non-hydrogen) atoms. The fraction of sp³-hybridized carbons (Fsp3) is 0.500. The van der Waals surface area contributed by atoms with E-state index >= 15 is 0 Å². The standard InChI is InChI=1S/C14H20N2O2S/c1-14(2)8-15-13(19-9-14)16-10-5-11(17-3)7-12(6-10)18-4/h5-7H,8-9H2,1-4H3,(H,15,16). The molecule has 0 aliphatic carbocycles. The van der Waals surface area contributed by atoms with Gasteiger partial charge in [-0.2, -0.15) is 0 Å². The van der Waals surface area contributed by atoms with Crippen LogP contribution in [0.5, 0.6) is 11.5 Å². The smallest absolute Gasteiger partial charge is 0.161 e. The van der Waals surface area contributed by atoms with Crippen LogP contribution < -0.4 is 14.8 Å². The van der Waals surface area contributed by atoms with Crippen LogP contribution in [0, 0.1) is 5.41 Å². The number of ether oxygens (including phenoxy) is 2. The lowest BCUT2D eigenvalue weighted by Gasteiger charge is -2.27. The number of benzene rings is 1. The van der Waals surface area contributed by atoms with Crippen molar-refractivity contribution < 1.29 is 9.47 Å². The summed E-state index contributed by atoms with van der Waals surface area (Å²) in [6.45, 7) is 5.31. The summed E-state index contributed by atoms with van der Waals surface area (Å²) in [5.74, 6) is 2.60. The number of amidine groups is 1. The molecule has 5 heteroatoms. The molecule has 0 fully saturated rings. The van der Waals surface area contributed by atoms with Gasteiger partial charge in [-0.1, -0.05) is 25.6 Å². The Kier molecular flexibility index (Phi) is 4.24. The quantitative estimate of drug-likeness (QED) is 0.923. The Balaban J connectivity index is 2.13. The van der Waals surface area contributed by atoms with Crippen LogP contribution in [0.2, 0.25) is 0 Å². The average Bonchev–Trinajstić information content (AvgIpc) is 2.40. The predicted molar refractivity (Wildman–Crippen MR) is 81.7 cm³/mol. The normalized spacial score (nSPS) is 17.6. The van der Waals surface area contributed by atoms with Crippen LogP contribution in [0.1, 0.15) is 13.8 Å². The van der Waals surface area contributed by atoms with Gasteiger partial charge in [0.25, 0.3) is 0 Å². The van der Waals surface area contributed by atoms with E-state index in [-0.39, 0.29) is 5.41 Å². The zero-order valence-electron chi connectivity index (χ0n) is 11.8. The van der Waals surface area contributed by atoms with Gasteiger partial charge in [-0.25, -0.2) is 0 Å². The van der Waals surface area contributed by atoms with E-state index in [4.69, 9.17) is 9.47 Å². The Morgan fingerprint density at radius 1 is 1.16 bits per heavy atom. The van der Waals surface area contributed by atoms with E-state index in [0.29, 0.717) is 0 Å². The highest BCUT2D eigenvalue weighted by atomic mass is 32.2. The Morgan fingerprint density at radius 2 is 1.79 bits per heavy atom. The lowest BCUT2D eigenvalue weighted by molar-refractivity contribution is 0.395. The highest BCUT2D eigenvalue weighted by Gasteiger charge is 2.23. The molecule has 1 aromatic rings. The molecule has 0 bridgehead atoms. The summed E-state index contributed by atoms with van der Waals surface area (Å²) in [5.41, 5.74) is 1.21. The molecule has 0 saturated heterocycles. The van der Waals surface area contributed by atoms with Crippen molar-refractivity contribution in [1.82, 2.24) is 0 Å². The Hall–Kier alpha value is -1.36. The van der Waals surface area contributed by atoms with E-state index < -0.39 is 0 Å². The molecule has 1 aliphatic rings. The molecule has 4 nitrogen and oxygen atoms in total. The highest BCUT2D eigenvalue weighted by Crippen LogP contribution is 2.30. The van der Waals surface area contributed by atoms with Gasteiger partial charge >= 0.3 is 0 Å². The van der Waals surface area contributed by atoms with Crippen LogP contribution in [0.3, 0.4) is 0 Å². The van der Waals surface area contributed by atoms with E-state index in [9.17, 15) is 0 Å². The van der Waals surface area contributed by atoms with Crippen molar-refractivity contribution in [2.24, 2.45) is 10.4 Å². The number of anilines is 1. The van der Waals surface area contributed by atoms with Gasteiger partial charge in [0.15, 0.2) is 5.17 Å². The summed E-state index contributed by atoms with van der Waals surface area (Å²) in [6, 6.07) is 5.72. The van der Waals surface area contributed by atoms with Crippen LogP contribution in [-0.4, -0.2) is 31.7 Å². The van der Waals surface area contributed by atoms with E-state index in [1.54, 1.807) is 26.0 Å². The van der Waals surface area contributed by atoms with Crippen molar-refractivity contribution >= 4 is 22.6 Å². The minimum Gasteiger partial charge on any atom is -0.497 e. The van der Waals surface area contributed by atoms with Crippen LogP contribution in [-0.2, 0) is 0 Å². The summed E-state index contributed by atoms with van der Waals surface area (Å²) in [6.07, 6.45) is 0. The minimum atomic E-state index is 0.280. The second-order valence-electron chi connectivity index (χ2n) is 5.30. The Morgan fingerprint density at radius 3 is 2.26 bits per heavy atom. The Bertz CT molecular complexity index is 464. The van der Waals surface area contributed by atoms with Gasteiger partial charge < -0.3 is 14.8 Å². The van der Waals surface area contributed by atoms with Gasteiger partial charge in [-0.05, 0) is 5.41 Å². The molecular weight excluding hydrogens is 260 g/mol. The van der Waals surface area contributed by atoms with Crippen molar-refractivity contribution in [3.63, 3.8) is 0 Å². The van der Waals surface area contributed by atoms with Gasteiger partial charge in [0.1, 0.15) is 11.5 Å². The zero-order chi connectivity index (χ0) is 13.9. The molecule has 0 spiro atoms. The van der Waals surface area contributed by atoms with Gasteiger partial charge in [0, 0.05) is 36.2 Å². The summed E-state index contributed by atoms with van der Waals surface area (Å²) < 4.78 is 10.5. The average molecular weight is 280 g/mol. The largest absolute Gasteiger partial charge is 0.497 e. The summed E-state index contributed by atoms with van der Waals surface area (Å²) >= 11 is 1.75. The second kappa shape index (κ2) is 5.74. The first-order chi connectivity index (χ1) is 9.02. The number of hydrogen-bond donors (Lipinski definition) is 1. The van der Waals surface area contributed by atoms with E-state index in [1.807, 2.05) is 18.2 Å². The summed E-state index contributed by atoms with van der Waals surface area (Å²) in [4.78, 5) is 4.58. The first kappa shape index (κ1) is 14.1. The molecule has 0 unspecified atom stereocenters. The minimum absolute atomic E-state index is 0.280. The molecule has 0 atom stereocenters. The summed E-state index contributed by atoms with van der Waals surface area (Å²) in [7, 11) is 3.29. The van der Waals surface area contributed by atoms with E-state index in [1.165, 1.54) is 0 Å². The second-order valence-corrected chi connectivity index (χ2v) is 6.26. The third kappa shape index (κ3) is 3.80. The van der Waals surface area contributed by atoms with Crippen molar-refractivity contribution in [3.8, 4) is 11.5 Å². The third-order valence-electron chi connectivity index (χ3n) is 2.85. The molecule has 0 aromatic heterocycles. The van der Waals surface area contributed by atoms with Crippen LogP contribution in [0.25, 0.3) is 0 Å². The number of aliphatic imine (C=N–C) groups is 1. The number of methoxy groups -OCH3 is 2. The molecular formula is C14H20N2O2S. The van der Waals surface area contributed by atoms with Gasteiger partial charge in [0.2, 0.25) is 0 Å². The zero-order valence-corrected chi connectivity index (χ0v) is 12.6. The maximum Gasteiger partial charge on any atom is 0.161 e. The maximum atomic E-state index is 5.25. The maximum absolute atomic E-state index is 5.25. The number of nitrogens with zero attached hydrogens (tertiary/aromatic N) is 1.